The molecule has 0 aliphatic carbocycles. The molecule has 0 radical (unpaired) electrons. The minimum atomic E-state index is -0.0924. The molecule has 0 aliphatic rings. The van der Waals surface area contributed by atoms with Gasteiger partial charge in [0.1, 0.15) is 12.0 Å². The summed E-state index contributed by atoms with van der Waals surface area (Å²) in [5, 5.41) is 0. The molecule has 0 N–H and O–H groups in total. The molecular weight excluding hydrogens is 192 g/mol. The smallest absolute Gasteiger partial charge is 0.163 e. The van der Waals surface area contributed by atoms with Crippen molar-refractivity contribution in [2.75, 3.05) is 6.61 Å². The molecule has 0 fully saturated rings. The van der Waals surface area contributed by atoms with Crippen molar-refractivity contribution < 1.29 is 14.3 Å². The van der Waals surface area contributed by atoms with Crippen LogP contribution in [0.2, 0.25) is 0 Å². The third-order valence-electron chi connectivity index (χ3n) is 2.10. The largest absolute Gasteiger partial charge is 0.493 e. The molecule has 0 bridgehead atoms. The lowest BCUT2D eigenvalue weighted by molar-refractivity contribution is 0.101. The van der Waals surface area contributed by atoms with Crippen LogP contribution in [-0.4, -0.2) is 18.7 Å². The maximum absolute atomic E-state index is 11.4. The monoisotopic (exact) mass is 206 g/mol. The molecule has 1 aromatic rings. The van der Waals surface area contributed by atoms with Gasteiger partial charge in [0.25, 0.3) is 0 Å². The topological polar surface area (TPSA) is 43.4 Å². The maximum Gasteiger partial charge on any atom is 0.163 e. The van der Waals surface area contributed by atoms with Crippen molar-refractivity contribution in [3.8, 4) is 5.75 Å². The van der Waals surface area contributed by atoms with Crippen molar-refractivity contribution in [1.29, 1.82) is 0 Å². The van der Waals surface area contributed by atoms with E-state index in [1.165, 1.54) is 6.92 Å². The van der Waals surface area contributed by atoms with E-state index in [4.69, 9.17) is 4.74 Å². The number of carbonyl (C=O) groups excluding carboxylic acids is 2. The molecule has 0 aliphatic heterocycles. The second-order valence-electron chi connectivity index (χ2n) is 3.32. The molecule has 3 nitrogen and oxygen atoms in total. The normalized spacial score (nSPS) is 9.80. The van der Waals surface area contributed by atoms with E-state index in [0.29, 0.717) is 23.5 Å². The average molecular weight is 206 g/mol. The number of hydrogen-bond donors (Lipinski definition) is 0. The first-order valence-corrected chi connectivity index (χ1v) is 4.83. The van der Waals surface area contributed by atoms with Gasteiger partial charge in [0.2, 0.25) is 0 Å². The molecule has 1 aromatic carbocycles. The van der Waals surface area contributed by atoms with Crippen molar-refractivity contribution in [2.45, 2.75) is 20.8 Å². The summed E-state index contributed by atoms with van der Waals surface area (Å²) >= 11 is 0. The zero-order valence-corrected chi connectivity index (χ0v) is 9.16. The fourth-order valence-corrected chi connectivity index (χ4v) is 1.47. The second kappa shape index (κ2) is 4.73. The first-order chi connectivity index (χ1) is 7.10. The highest BCUT2D eigenvalue weighted by molar-refractivity contribution is 5.98. The number of rotatable bonds is 4. The van der Waals surface area contributed by atoms with E-state index in [1.807, 2.05) is 13.8 Å². The quantitative estimate of drug-likeness (QED) is 0.561. The molecular formula is C12H14O3. The third-order valence-corrected chi connectivity index (χ3v) is 2.10. The number of aldehydes is 1. The van der Waals surface area contributed by atoms with E-state index >= 15 is 0 Å². The highest BCUT2D eigenvalue weighted by atomic mass is 16.5. The standard InChI is InChI=1S/C12H14O3/c1-4-15-12-8(2)5-10(7-13)6-11(12)9(3)14/h5-7H,4H2,1-3H3. The Morgan fingerprint density at radius 2 is 2.13 bits per heavy atom. The summed E-state index contributed by atoms with van der Waals surface area (Å²) in [6.07, 6.45) is 0.731. The van der Waals surface area contributed by atoms with E-state index in [2.05, 4.69) is 0 Å². The minimum Gasteiger partial charge on any atom is -0.493 e. The summed E-state index contributed by atoms with van der Waals surface area (Å²) < 4.78 is 5.39. The van der Waals surface area contributed by atoms with E-state index in [0.717, 1.165) is 11.8 Å². The van der Waals surface area contributed by atoms with E-state index < -0.39 is 0 Å². The SMILES string of the molecule is CCOc1c(C)cc(C=O)cc1C(C)=O. The van der Waals surface area contributed by atoms with Gasteiger partial charge in [-0.05, 0) is 38.5 Å². The van der Waals surface area contributed by atoms with Gasteiger partial charge in [0.05, 0.1) is 12.2 Å². The van der Waals surface area contributed by atoms with Gasteiger partial charge in [-0.15, -0.1) is 0 Å². The Balaban J connectivity index is 3.34. The van der Waals surface area contributed by atoms with Crippen LogP contribution in [0.3, 0.4) is 0 Å². The van der Waals surface area contributed by atoms with Crippen LogP contribution in [0.4, 0.5) is 0 Å². The molecule has 1 rings (SSSR count). The van der Waals surface area contributed by atoms with E-state index in [1.54, 1.807) is 12.1 Å². The van der Waals surface area contributed by atoms with Gasteiger partial charge in [-0.1, -0.05) is 0 Å². The molecule has 0 spiro atoms. The lowest BCUT2D eigenvalue weighted by Crippen LogP contribution is -2.04. The predicted octanol–water partition coefficient (Wildman–Crippen LogP) is 2.41. The van der Waals surface area contributed by atoms with Crippen LogP contribution in [0.1, 0.15) is 40.1 Å². The summed E-state index contributed by atoms with van der Waals surface area (Å²) in [4.78, 5) is 22.0. The molecule has 0 unspecified atom stereocenters. The van der Waals surface area contributed by atoms with Gasteiger partial charge in [-0.2, -0.15) is 0 Å². The van der Waals surface area contributed by atoms with Crippen molar-refractivity contribution in [2.24, 2.45) is 0 Å². The molecule has 0 aromatic heterocycles. The number of Topliss-reactive ketones (excluding diaryl/α,β-unsaturated/α-hetero) is 1. The van der Waals surface area contributed by atoms with Crippen LogP contribution in [-0.2, 0) is 0 Å². The Kier molecular flexibility index (Phi) is 3.61. The van der Waals surface area contributed by atoms with Crippen LogP contribution in [0.5, 0.6) is 5.75 Å². The summed E-state index contributed by atoms with van der Waals surface area (Å²) in [5.41, 5.74) is 1.78. The van der Waals surface area contributed by atoms with Crippen LogP contribution >= 0.6 is 0 Å². The number of hydrogen-bond acceptors (Lipinski definition) is 3. The molecule has 3 heteroatoms. The second-order valence-corrected chi connectivity index (χ2v) is 3.32. The first kappa shape index (κ1) is 11.4. The summed E-state index contributed by atoms with van der Waals surface area (Å²) in [5.74, 6) is 0.487. The van der Waals surface area contributed by atoms with Gasteiger partial charge in [-0.25, -0.2) is 0 Å². The van der Waals surface area contributed by atoms with Crippen LogP contribution in [0, 0.1) is 6.92 Å². The molecule has 0 heterocycles. The molecule has 0 saturated heterocycles. The number of ketones is 1. The Hall–Kier alpha value is -1.64. The van der Waals surface area contributed by atoms with Gasteiger partial charge in [0.15, 0.2) is 5.78 Å². The number of ether oxygens (including phenoxy) is 1. The lowest BCUT2D eigenvalue weighted by atomic mass is 10.0. The Morgan fingerprint density at radius 3 is 2.60 bits per heavy atom. The Labute approximate surface area is 89.1 Å². The molecule has 0 atom stereocenters. The zero-order valence-electron chi connectivity index (χ0n) is 9.16. The van der Waals surface area contributed by atoms with Crippen molar-refractivity contribution in [3.05, 3.63) is 28.8 Å². The fourth-order valence-electron chi connectivity index (χ4n) is 1.47. The lowest BCUT2D eigenvalue weighted by Gasteiger charge is -2.11. The van der Waals surface area contributed by atoms with Gasteiger partial charge >= 0.3 is 0 Å². The number of benzene rings is 1. The molecule has 0 amide bonds. The highest BCUT2D eigenvalue weighted by Gasteiger charge is 2.12. The third kappa shape index (κ3) is 2.43. The van der Waals surface area contributed by atoms with Gasteiger partial charge in [0, 0.05) is 5.56 Å². The average Bonchev–Trinajstić information content (AvgIpc) is 2.20. The van der Waals surface area contributed by atoms with Crippen LogP contribution < -0.4 is 4.74 Å². The highest BCUT2D eigenvalue weighted by Crippen LogP contribution is 2.25. The summed E-state index contributed by atoms with van der Waals surface area (Å²) in [7, 11) is 0. The zero-order chi connectivity index (χ0) is 11.4. The molecule has 80 valence electrons. The Morgan fingerprint density at radius 1 is 1.47 bits per heavy atom. The van der Waals surface area contributed by atoms with Crippen LogP contribution in [0.25, 0.3) is 0 Å². The van der Waals surface area contributed by atoms with E-state index in [-0.39, 0.29) is 5.78 Å². The summed E-state index contributed by atoms with van der Waals surface area (Å²) in [6, 6.07) is 3.28. The number of aryl methyl sites for hydroxylation is 1. The molecule has 0 saturated carbocycles. The predicted molar refractivity (Wildman–Crippen MR) is 57.7 cm³/mol. The van der Waals surface area contributed by atoms with Crippen molar-refractivity contribution in [3.63, 3.8) is 0 Å². The fraction of sp³-hybridized carbons (Fsp3) is 0.333. The van der Waals surface area contributed by atoms with Crippen LogP contribution in [0.15, 0.2) is 12.1 Å². The van der Waals surface area contributed by atoms with E-state index in [9.17, 15) is 9.59 Å². The minimum absolute atomic E-state index is 0.0924. The summed E-state index contributed by atoms with van der Waals surface area (Å²) in [6.45, 7) is 5.65. The van der Waals surface area contributed by atoms with Crippen molar-refractivity contribution in [1.82, 2.24) is 0 Å². The number of carbonyl (C=O) groups is 2. The Bertz CT molecular complexity index is 394. The van der Waals surface area contributed by atoms with Crippen molar-refractivity contribution >= 4 is 12.1 Å². The maximum atomic E-state index is 11.4. The molecule has 15 heavy (non-hydrogen) atoms. The van der Waals surface area contributed by atoms with Gasteiger partial charge in [-0.3, -0.25) is 9.59 Å². The first-order valence-electron chi connectivity index (χ1n) is 4.83. The van der Waals surface area contributed by atoms with Gasteiger partial charge < -0.3 is 4.74 Å².